The summed E-state index contributed by atoms with van der Waals surface area (Å²) in [5.74, 6) is -2.26. The molecule has 8 heteroatoms. The molecule has 1 aromatic rings. The van der Waals surface area contributed by atoms with Crippen LogP contribution in [0.2, 0.25) is 5.15 Å². The Bertz CT molecular complexity index is 609. The largest absolute Gasteiger partial charge is 0.478 e. The number of likely N-dealkylation sites (tertiary alicyclic amines) is 1. The van der Waals surface area contributed by atoms with Crippen molar-refractivity contribution in [2.45, 2.75) is 25.4 Å². The molecule has 0 bridgehead atoms. The Hall–Kier alpha value is -1.96. The number of hydrogen-bond acceptors (Lipinski definition) is 5. The van der Waals surface area contributed by atoms with Crippen molar-refractivity contribution < 1.29 is 24.9 Å². The summed E-state index contributed by atoms with van der Waals surface area (Å²) in [4.78, 5) is 25.6. The molecule has 1 aliphatic heterocycles. The van der Waals surface area contributed by atoms with Crippen LogP contribution in [0, 0.1) is 5.92 Å². The highest BCUT2D eigenvalue weighted by Gasteiger charge is 2.36. The van der Waals surface area contributed by atoms with Crippen LogP contribution in [0.5, 0.6) is 0 Å². The third kappa shape index (κ3) is 7.21. The van der Waals surface area contributed by atoms with Gasteiger partial charge in [0, 0.05) is 12.2 Å². The van der Waals surface area contributed by atoms with E-state index in [2.05, 4.69) is 16.9 Å². The first-order chi connectivity index (χ1) is 11.6. The molecular weight excluding hydrogens is 348 g/mol. The number of hydrogen-bond donors (Lipinski definition) is 3. The maximum Gasteiger partial charge on any atom is 0.328 e. The van der Waals surface area contributed by atoms with E-state index in [-0.39, 0.29) is 5.92 Å². The quantitative estimate of drug-likeness (QED) is 0.549. The number of aliphatic hydroxyl groups is 1. The fraction of sp³-hybridized carbons (Fsp3) is 0.471. The molecule has 0 radical (unpaired) electrons. The van der Waals surface area contributed by atoms with Crippen molar-refractivity contribution in [3.63, 3.8) is 0 Å². The highest BCUT2D eigenvalue weighted by atomic mass is 35.5. The maximum atomic E-state index is 10.7. The second-order valence-electron chi connectivity index (χ2n) is 6.08. The van der Waals surface area contributed by atoms with E-state index >= 15 is 0 Å². The van der Waals surface area contributed by atoms with E-state index in [1.54, 1.807) is 6.07 Å². The maximum absolute atomic E-state index is 10.7. The molecule has 2 rings (SSSR count). The lowest BCUT2D eigenvalue weighted by Crippen LogP contribution is -2.41. The SMILES string of the molecule is CN1CCC(C(C)(O)c2cccc(Cl)n2)CC1.O=C(O)/C=C\C(=O)O. The number of carbonyl (C=O) groups is 2. The number of carboxylic acids is 2. The smallest absolute Gasteiger partial charge is 0.328 e. The molecule has 138 valence electrons. The number of aromatic nitrogens is 1. The molecule has 0 aromatic carbocycles. The van der Waals surface area contributed by atoms with Crippen molar-refractivity contribution in [3.05, 3.63) is 41.2 Å². The van der Waals surface area contributed by atoms with Gasteiger partial charge in [-0.2, -0.15) is 0 Å². The van der Waals surface area contributed by atoms with Gasteiger partial charge in [0.15, 0.2) is 0 Å². The summed E-state index contributed by atoms with van der Waals surface area (Å²) >= 11 is 5.88. The lowest BCUT2D eigenvalue weighted by molar-refractivity contribution is -0.134. The number of nitrogens with zero attached hydrogens (tertiary/aromatic N) is 2. The van der Waals surface area contributed by atoms with E-state index < -0.39 is 17.5 Å². The predicted octanol–water partition coefficient (Wildman–Crippen LogP) is 2.00. The number of aliphatic carboxylic acids is 2. The Balaban J connectivity index is 0.000000333. The normalized spacial score (nSPS) is 18.2. The molecule has 0 amide bonds. The van der Waals surface area contributed by atoms with Crippen molar-refractivity contribution in [2.75, 3.05) is 20.1 Å². The monoisotopic (exact) mass is 370 g/mol. The summed E-state index contributed by atoms with van der Waals surface area (Å²) in [6.45, 7) is 3.91. The van der Waals surface area contributed by atoms with Gasteiger partial charge in [0.1, 0.15) is 10.8 Å². The van der Waals surface area contributed by atoms with Gasteiger partial charge in [-0.15, -0.1) is 0 Å². The zero-order valence-corrected chi connectivity index (χ0v) is 15.0. The third-order valence-corrected chi connectivity index (χ3v) is 4.33. The van der Waals surface area contributed by atoms with E-state index in [1.165, 1.54) is 0 Å². The van der Waals surface area contributed by atoms with Crippen LogP contribution in [-0.2, 0) is 15.2 Å². The first kappa shape index (κ1) is 21.1. The van der Waals surface area contributed by atoms with Gasteiger partial charge >= 0.3 is 11.9 Å². The van der Waals surface area contributed by atoms with Gasteiger partial charge in [0.2, 0.25) is 0 Å². The lowest BCUT2D eigenvalue weighted by Gasteiger charge is -2.38. The second-order valence-corrected chi connectivity index (χ2v) is 6.47. The average Bonchev–Trinajstić information content (AvgIpc) is 2.54. The molecule has 1 unspecified atom stereocenters. The first-order valence-corrected chi connectivity index (χ1v) is 8.18. The Labute approximate surface area is 151 Å². The van der Waals surface area contributed by atoms with E-state index in [1.807, 2.05) is 19.1 Å². The van der Waals surface area contributed by atoms with Gasteiger partial charge in [-0.25, -0.2) is 14.6 Å². The molecule has 7 nitrogen and oxygen atoms in total. The summed E-state index contributed by atoms with van der Waals surface area (Å²) in [7, 11) is 2.11. The first-order valence-electron chi connectivity index (χ1n) is 7.80. The van der Waals surface area contributed by atoms with Gasteiger partial charge in [0.05, 0.1) is 5.69 Å². The molecule has 0 saturated carbocycles. The molecular formula is C17H23ClN2O5. The highest BCUT2D eigenvalue weighted by Crippen LogP contribution is 2.35. The Morgan fingerprint density at radius 1 is 1.24 bits per heavy atom. The fourth-order valence-electron chi connectivity index (χ4n) is 2.61. The summed E-state index contributed by atoms with van der Waals surface area (Å²) in [5.41, 5.74) is -0.203. The summed E-state index contributed by atoms with van der Waals surface area (Å²) in [6, 6.07) is 5.42. The Kier molecular flexibility index (Phi) is 8.02. The van der Waals surface area contributed by atoms with E-state index in [0.29, 0.717) is 23.0 Å². The van der Waals surface area contributed by atoms with Gasteiger partial charge in [-0.05, 0) is 58.0 Å². The molecule has 3 N–H and O–H groups in total. The molecule has 1 saturated heterocycles. The van der Waals surface area contributed by atoms with E-state index in [0.717, 1.165) is 25.9 Å². The number of rotatable bonds is 4. The molecule has 25 heavy (non-hydrogen) atoms. The van der Waals surface area contributed by atoms with Crippen molar-refractivity contribution in [1.82, 2.24) is 9.88 Å². The van der Waals surface area contributed by atoms with Crippen molar-refractivity contribution >= 4 is 23.5 Å². The van der Waals surface area contributed by atoms with Crippen LogP contribution in [0.1, 0.15) is 25.5 Å². The molecule has 1 atom stereocenters. The topological polar surface area (TPSA) is 111 Å². The number of pyridine rings is 1. The minimum atomic E-state index is -1.26. The van der Waals surface area contributed by atoms with Crippen LogP contribution < -0.4 is 0 Å². The van der Waals surface area contributed by atoms with Crippen molar-refractivity contribution in [2.24, 2.45) is 5.92 Å². The van der Waals surface area contributed by atoms with Gasteiger partial charge in [-0.3, -0.25) is 0 Å². The average molecular weight is 371 g/mol. The summed E-state index contributed by atoms with van der Waals surface area (Å²) in [5, 5.41) is 26.7. The molecule has 1 aromatic heterocycles. The van der Waals surface area contributed by atoms with Gasteiger partial charge in [-0.1, -0.05) is 17.7 Å². The standard InChI is InChI=1S/C13H19ClN2O.C4H4O4/c1-13(17,10-6-8-16(2)9-7-10)11-4-3-5-12(14)15-11;5-3(6)1-2-4(7)8/h3-5,10,17H,6-9H2,1-2H3;1-2H,(H,5,6)(H,7,8)/b;2-1-. The minimum Gasteiger partial charge on any atom is -0.478 e. The van der Waals surface area contributed by atoms with Crippen LogP contribution in [0.3, 0.4) is 0 Å². The third-order valence-electron chi connectivity index (χ3n) is 4.12. The molecule has 0 spiro atoms. The summed E-state index contributed by atoms with van der Waals surface area (Å²) < 4.78 is 0. The molecule has 1 aliphatic rings. The number of carboxylic acid groups (broad SMARTS) is 2. The number of piperidine rings is 1. The molecule has 1 fully saturated rings. The fourth-order valence-corrected chi connectivity index (χ4v) is 2.78. The van der Waals surface area contributed by atoms with Crippen molar-refractivity contribution in [1.29, 1.82) is 0 Å². The van der Waals surface area contributed by atoms with Crippen LogP contribution in [0.15, 0.2) is 30.4 Å². The van der Waals surface area contributed by atoms with Crippen LogP contribution in [-0.4, -0.2) is 57.3 Å². The van der Waals surface area contributed by atoms with Crippen LogP contribution in [0.25, 0.3) is 0 Å². The second kappa shape index (κ2) is 9.50. The van der Waals surface area contributed by atoms with Crippen LogP contribution in [0.4, 0.5) is 0 Å². The molecule has 2 heterocycles. The number of halogens is 1. The highest BCUT2D eigenvalue weighted by molar-refractivity contribution is 6.29. The Morgan fingerprint density at radius 3 is 2.20 bits per heavy atom. The zero-order chi connectivity index (χ0) is 19.0. The minimum absolute atomic E-state index is 0.254. The lowest BCUT2D eigenvalue weighted by atomic mass is 9.79. The van der Waals surface area contributed by atoms with Crippen LogP contribution >= 0.6 is 11.6 Å². The van der Waals surface area contributed by atoms with E-state index in [9.17, 15) is 14.7 Å². The molecule has 0 aliphatic carbocycles. The zero-order valence-electron chi connectivity index (χ0n) is 14.2. The Morgan fingerprint density at radius 2 is 1.76 bits per heavy atom. The van der Waals surface area contributed by atoms with Crippen molar-refractivity contribution in [3.8, 4) is 0 Å². The van der Waals surface area contributed by atoms with Gasteiger partial charge < -0.3 is 20.2 Å². The predicted molar refractivity (Wildman–Crippen MR) is 93.5 cm³/mol. The van der Waals surface area contributed by atoms with Gasteiger partial charge in [0.25, 0.3) is 0 Å². The summed E-state index contributed by atoms with van der Waals surface area (Å²) in [6.07, 6.45) is 3.11. The van der Waals surface area contributed by atoms with E-state index in [4.69, 9.17) is 21.8 Å².